The molecule has 0 spiro atoms. The topological polar surface area (TPSA) is 96.3 Å². The highest BCUT2D eigenvalue weighted by molar-refractivity contribution is 6.35. The molecule has 0 radical (unpaired) electrons. The van der Waals surface area contributed by atoms with Gasteiger partial charge in [-0.05, 0) is 36.7 Å². The number of ether oxygens (including phenoxy) is 2. The number of hydrogen-bond acceptors (Lipinski definition) is 5. The van der Waals surface area contributed by atoms with Gasteiger partial charge < -0.3 is 24.6 Å². The lowest BCUT2D eigenvalue weighted by Crippen LogP contribution is -2.40. The lowest BCUT2D eigenvalue weighted by atomic mass is 9.71. The molecule has 2 aliphatic carbocycles. The first-order valence-electron chi connectivity index (χ1n) is 11.4. The molecule has 0 heterocycles. The minimum absolute atomic E-state index is 0.0374. The Balaban J connectivity index is 2.35. The lowest BCUT2D eigenvalue weighted by molar-refractivity contribution is -0.133. The summed E-state index contributed by atoms with van der Waals surface area (Å²) >= 11 is 6.29. The number of aliphatic hydroxyl groups excluding tert-OH is 1. The number of carboxylic acids is 1. The molecule has 0 aliphatic heterocycles. The number of carbonyl (C=O) groups excluding carboxylic acids is 1. The van der Waals surface area contributed by atoms with E-state index in [0.29, 0.717) is 30.4 Å². The van der Waals surface area contributed by atoms with E-state index in [4.69, 9.17) is 21.1 Å². The predicted octanol–water partition coefficient (Wildman–Crippen LogP) is 4.09. The number of carboxylic acid groups (broad SMARTS) is 1. The number of aliphatic carboxylic acids is 1. The van der Waals surface area contributed by atoms with Crippen LogP contribution in [0, 0.1) is 23.7 Å². The van der Waals surface area contributed by atoms with E-state index in [-0.39, 0.29) is 34.8 Å². The Morgan fingerprint density at radius 1 is 1.27 bits per heavy atom. The molecule has 2 rings (SSSR count). The summed E-state index contributed by atoms with van der Waals surface area (Å²) in [4.78, 5) is 26.4. The molecule has 8 heteroatoms. The zero-order chi connectivity index (χ0) is 24.7. The van der Waals surface area contributed by atoms with Crippen LogP contribution in [0.1, 0.15) is 39.5 Å². The molecule has 184 valence electrons. The number of hydrogen-bond donors (Lipinski definition) is 2. The molecular formula is C25H36ClNO6. The molecule has 0 bridgehead atoms. The van der Waals surface area contributed by atoms with Gasteiger partial charge in [-0.1, -0.05) is 44.0 Å². The van der Waals surface area contributed by atoms with E-state index < -0.39 is 18.0 Å². The standard InChI is InChI=1S/C25H36ClNO6/c1-6-7-15(2)14-27(3)23(29)13-19(16-8-9-18(25(30)31)20(26)10-16)24-21(28)11-17(32-4)12-22(24)33-5/h9-12,15-16,19,21,24,28H,6-8,13-14H2,1-5H3,(H,30,31)/t15-,16?,19?,21?,24?/m0/s1. The third-order valence-electron chi connectivity index (χ3n) is 6.44. The minimum atomic E-state index is -1.09. The van der Waals surface area contributed by atoms with Crippen LogP contribution in [-0.4, -0.2) is 60.9 Å². The van der Waals surface area contributed by atoms with Crippen LogP contribution >= 0.6 is 11.6 Å². The van der Waals surface area contributed by atoms with Crippen molar-refractivity contribution in [3.05, 3.63) is 46.4 Å². The van der Waals surface area contributed by atoms with Crippen molar-refractivity contribution in [2.24, 2.45) is 23.7 Å². The SMILES string of the molecule is CCC[C@H](C)CN(C)C(=O)CC(C1C=C(Cl)C(C(=O)O)=CC1)C1C(OC)=CC(OC)=CC1O. The summed E-state index contributed by atoms with van der Waals surface area (Å²) in [7, 11) is 4.83. The number of halogens is 1. The first kappa shape index (κ1) is 27.0. The molecule has 0 saturated carbocycles. The quantitative estimate of drug-likeness (QED) is 0.461. The molecule has 4 unspecified atom stereocenters. The van der Waals surface area contributed by atoms with Crippen LogP contribution < -0.4 is 0 Å². The van der Waals surface area contributed by atoms with Gasteiger partial charge in [-0.2, -0.15) is 0 Å². The van der Waals surface area contributed by atoms with Gasteiger partial charge in [0.25, 0.3) is 0 Å². The number of amides is 1. The minimum Gasteiger partial charge on any atom is -0.501 e. The van der Waals surface area contributed by atoms with Crippen LogP contribution in [0.3, 0.4) is 0 Å². The third kappa shape index (κ3) is 6.87. The lowest BCUT2D eigenvalue weighted by Gasteiger charge is -2.38. The van der Waals surface area contributed by atoms with Crippen molar-refractivity contribution < 1.29 is 29.3 Å². The van der Waals surface area contributed by atoms with E-state index in [1.54, 1.807) is 36.3 Å². The van der Waals surface area contributed by atoms with Crippen molar-refractivity contribution in [2.45, 2.75) is 45.6 Å². The Labute approximate surface area is 201 Å². The number of allylic oxidation sites excluding steroid dienone is 3. The molecule has 2 aliphatic rings. The molecule has 2 N–H and O–H groups in total. The number of carbonyl (C=O) groups is 2. The van der Waals surface area contributed by atoms with E-state index in [0.717, 1.165) is 12.8 Å². The summed E-state index contributed by atoms with van der Waals surface area (Å²) in [6.45, 7) is 4.90. The van der Waals surface area contributed by atoms with E-state index in [1.165, 1.54) is 14.2 Å². The van der Waals surface area contributed by atoms with Crippen molar-refractivity contribution >= 4 is 23.5 Å². The van der Waals surface area contributed by atoms with Crippen LogP contribution in [0.5, 0.6) is 0 Å². The first-order chi connectivity index (χ1) is 15.6. The van der Waals surface area contributed by atoms with Crippen molar-refractivity contribution in [1.29, 1.82) is 0 Å². The van der Waals surface area contributed by atoms with Gasteiger partial charge in [-0.3, -0.25) is 4.79 Å². The molecule has 0 aromatic rings. The van der Waals surface area contributed by atoms with Crippen molar-refractivity contribution in [2.75, 3.05) is 27.8 Å². The summed E-state index contributed by atoms with van der Waals surface area (Å²) < 4.78 is 10.9. The summed E-state index contributed by atoms with van der Waals surface area (Å²) in [5, 5.41) is 20.5. The number of aliphatic hydroxyl groups is 1. The summed E-state index contributed by atoms with van der Waals surface area (Å²) in [6.07, 6.45) is 8.31. The average Bonchev–Trinajstić information content (AvgIpc) is 2.76. The van der Waals surface area contributed by atoms with Crippen LogP contribution in [0.15, 0.2) is 46.4 Å². The van der Waals surface area contributed by atoms with Crippen LogP contribution in [-0.2, 0) is 19.1 Å². The van der Waals surface area contributed by atoms with Gasteiger partial charge in [0.15, 0.2) is 0 Å². The molecular weight excluding hydrogens is 446 g/mol. The Morgan fingerprint density at radius 3 is 2.52 bits per heavy atom. The van der Waals surface area contributed by atoms with Gasteiger partial charge in [-0.15, -0.1) is 0 Å². The fourth-order valence-electron chi connectivity index (χ4n) is 4.75. The Bertz CT molecular complexity index is 846. The molecule has 33 heavy (non-hydrogen) atoms. The third-order valence-corrected chi connectivity index (χ3v) is 6.77. The Kier molecular flexibility index (Phi) is 10.0. The average molecular weight is 482 g/mol. The highest BCUT2D eigenvalue weighted by Gasteiger charge is 2.40. The smallest absolute Gasteiger partial charge is 0.336 e. The molecule has 0 fully saturated rings. The molecule has 1 amide bonds. The Hall–Kier alpha value is -2.25. The maximum absolute atomic E-state index is 13.2. The van der Waals surface area contributed by atoms with E-state index >= 15 is 0 Å². The maximum Gasteiger partial charge on any atom is 0.336 e. The van der Waals surface area contributed by atoms with Gasteiger partial charge in [0.05, 0.1) is 36.8 Å². The normalized spacial score (nSPS) is 24.5. The van der Waals surface area contributed by atoms with Crippen molar-refractivity contribution in [3.63, 3.8) is 0 Å². The fraction of sp³-hybridized carbons (Fsp3) is 0.600. The summed E-state index contributed by atoms with van der Waals surface area (Å²) in [5.41, 5.74) is 0.0526. The summed E-state index contributed by atoms with van der Waals surface area (Å²) in [5.74, 6) is -0.867. The Morgan fingerprint density at radius 2 is 1.97 bits per heavy atom. The zero-order valence-electron chi connectivity index (χ0n) is 20.1. The molecule has 0 saturated heterocycles. The second-order valence-electron chi connectivity index (χ2n) is 8.91. The maximum atomic E-state index is 13.2. The monoisotopic (exact) mass is 481 g/mol. The van der Waals surface area contributed by atoms with Crippen LogP contribution in [0.25, 0.3) is 0 Å². The van der Waals surface area contributed by atoms with E-state index in [1.807, 2.05) is 0 Å². The largest absolute Gasteiger partial charge is 0.501 e. The van der Waals surface area contributed by atoms with Crippen LogP contribution in [0.2, 0.25) is 0 Å². The zero-order valence-corrected chi connectivity index (χ0v) is 20.8. The molecule has 0 aromatic carbocycles. The fourth-order valence-corrected chi connectivity index (χ4v) is 5.07. The van der Waals surface area contributed by atoms with Gasteiger partial charge in [-0.25, -0.2) is 4.79 Å². The highest BCUT2D eigenvalue weighted by Crippen LogP contribution is 2.42. The number of methoxy groups -OCH3 is 2. The second-order valence-corrected chi connectivity index (χ2v) is 9.32. The molecule has 5 atom stereocenters. The van der Waals surface area contributed by atoms with Gasteiger partial charge >= 0.3 is 5.97 Å². The van der Waals surface area contributed by atoms with Gasteiger partial charge in [0, 0.05) is 26.1 Å². The van der Waals surface area contributed by atoms with Crippen LogP contribution in [0.4, 0.5) is 0 Å². The molecule has 0 aromatic heterocycles. The predicted molar refractivity (Wildman–Crippen MR) is 127 cm³/mol. The first-order valence-corrected chi connectivity index (χ1v) is 11.7. The van der Waals surface area contributed by atoms with Gasteiger partial charge in [0.2, 0.25) is 5.91 Å². The number of nitrogens with zero attached hydrogens (tertiary/aromatic N) is 1. The second kappa shape index (κ2) is 12.3. The van der Waals surface area contributed by atoms with E-state index in [2.05, 4.69) is 13.8 Å². The number of rotatable bonds is 11. The van der Waals surface area contributed by atoms with Crippen molar-refractivity contribution in [1.82, 2.24) is 4.90 Å². The van der Waals surface area contributed by atoms with Gasteiger partial charge in [0.1, 0.15) is 11.5 Å². The summed E-state index contributed by atoms with van der Waals surface area (Å²) in [6, 6.07) is 0. The van der Waals surface area contributed by atoms with E-state index in [9.17, 15) is 19.8 Å². The molecule has 7 nitrogen and oxygen atoms in total. The van der Waals surface area contributed by atoms with Crippen molar-refractivity contribution in [3.8, 4) is 0 Å². The highest BCUT2D eigenvalue weighted by atomic mass is 35.5.